The summed E-state index contributed by atoms with van der Waals surface area (Å²) in [4.78, 5) is 25.8. The molecule has 1 aromatic heterocycles. The normalized spacial score (nSPS) is 13.5. The monoisotopic (exact) mass is 448 g/mol. The quantitative estimate of drug-likeness (QED) is 0.568. The van der Waals surface area contributed by atoms with Crippen molar-refractivity contribution in [2.75, 3.05) is 60.7 Å². The lowest BCUT2D eigenvalue weighted by atomic mass is 10.2. The van der Waals surface area contributed by atoms with E-state index in [0.717, 1.165) is 43.4 Å². The van der Waals surface area contributed by atoms with Crippen LogP contribution in [-0.4, -0.2) is 55.8 Å². The number of piperazine rings is 1. The summed E-state index contributed by atoms with van der Waals surface area (Å²) in [7, 11) is 1.68. The van der Waals surface area contributed by atoms with E-state index in [9.17, 15) is 4.79 Å². The molecule has 172 valence electrons. The first-order chi connectivity index (χ1) is 16.1. The van der Waals surface area contributed by atoms with Gasteiger partial charge in [-0.3, -0.25) is 4.79 Å². The average molecular weight is 449 g/mol. The Morgan fingerprint density at radius 1 is 1.06 bits per heavy atom. The molecular formula is C24H28N6O3. The summed E-state index contributed by atoms with van der Waals surface area (Å²) in [6.45, 7) is 5.56. The van der Waals surface area contributed by atoms with Gasteiger partial charge in [0.15, 0.2) is 0 Å². The van der Waals surface area contributed by atoms with Gasteiger partial charge in [-0.25, -0.2) is 4.98 Å². The summed E-state index contributed by atoms with van der Waals surface area (Å²) >= 11 is 0. The van der Waals surface area contributed by atoms with Crippen LogP contribution in [0.15, 0.2) is 54.7 Å². The lowest BCUT2D eigenvalue weighted by Gasteiger charge is -2.36. The summed E-state index contributed by atoms with van der Waals surface area (Å²) in [6.07, 6.45) is 1.48. The van der Waals surface area contributed by atoms with E-state index in [1.165, 1.54) is 6.20 Å². The maximum Gasteiger partial charge on any atom is 0.260 e. The molecule has 1 amide bonds. The van der Waals surface area contributed by atoms with E-state index in [2.05, 4.69) is 31.2 Å². The van der Waals surface area contributed by atoms with Crippen molar-refractivity contribution in [1.82, 2.24) is 9.97 Å². The van der Waals surface area contributed by atoms with Crippen molar-refractivity contribution in [1.29, 1.82) is 0 Å². The Kier molecular flexibility index (Phi) is 6.77. The SMILES string of the molecule is CCOc1ccc(NC(=O)c2cnc(N3CCN(c4ccccc4OC)CC3)nc2N)cc1. The summed E-state index contributed by atoms with van der Waals surface area (Å²) < 4.78 is 10.9. The zero-order valence-corrected chi connectivity index (χ0v) is 18.8. The maximum absolute atomic E-state index is 12.7. The summed E-state index contributed by atoms with van der Waals surface area (Å²) in [5.41, 5.74) is 8.06. The third kappa shape index (κ3) is 5.08. The first kappa shape index (κ1) is 22.2. The Hall–Kier alpha value is -4.01. The lowest BCUT2D eigenvalue weighted by molar-refractivity contribution is 0.102. The van der Waals surface area contributed by atoms with Gasteiger partial charge in [-0.05, 0) is 43.3 Å². The molecule has 33 heavy (non-hydrogen) atoms. The molecule has 1 aliphatic rings. The molecule has 2 heterocycles. The van der Waals surface area contributed by atoms with Crippen molar-refractivity contribution in [3.8, 4) is 11.5 Å². The molecule has 4 rings (SSSR count). The number of methoxy groups -OCH3 is 1. The van der Waals surface area contributed by atoms with Gasteiger partial charge in [0, 0.05) is 38.1 Å². The Bertz CT molecular complexity index is 1100. The molecule has 0 saturated carbocycles. The van der Waals surface area contributed by atoms with Crippen molar-refractivity contribution in [3.63, 3.8) is 0 Å². The molecule has 3 aromatic rings. The second-order valence-corrected chi connectivity index (χ2v) is 7.53. The van der Waals surface area contributed by atoms with Crippen molar-refractivity contribution >= 4 is 29.0 Å². The second kappa shape index (κ2) is 10.1. The van der Waals surface area contributed by atoms with Gasteiger partial charge in [0.2, 0.25) is 5.95 Å². The van der Waals surface area contributed by atoms with Crippen LogP contribution in [0.1, 0.15) is 17.3 Å². The minimum atomic E-state index is -0.357. The molecule has 0 spiro atoms. The molecular weight excluding hydrogens is 420 g/mol. The van der Waals surface area contributed by atoms with Gasteiger partial charge in [0.1, 0.15) is 22.9 Å². The summed E-state index contributed by atoms with van der Waals surface area (Å²) in [5, 5.41) is 2.82. The van der Waals surface area contributed by atoms with Crippen LogP contribution in [-0.2, 0) is 0 Å². The number of benzene rings is 2. The number of carbonyl (C=O) groups is 1. The fraction of sp³-hybridized carbons (Fsp3) is 0.292. The molecule has 1 saturated heterocycles. The van der Waals surface area contributed by atoms with E-state index >= 15 is 0 Å². The number of hydrogen-bond donors (Lipinski definition) is 2. The number of ether oxygens (including phenoxy) is 2. The van der Waals surface area contributed by atoms with E-state index in [-0.39, 0.29) is 17.3 Å². The summed E-state index contributed by atoms with van der Waals surface area (Å²) in [6, 6.07) is 15.1. The first-order valence-corrected chi connectivity index (χ1v) is 10.9. The Morgan fingerprint density at radius 3 is 2.42 bits per heavy atom. The summed E-state index contributed by atoms with van der Waals surface area (Å²) in [5.74, 6) is 1.91. The molecule has 0 unspecified atom stereocenters. The highest BCUT2D eigenvalue weighted by Gasteiger charge is 2.22. The highest BCUT2D eigenvalue weighted by molar-refractivity contribution is 6.07. The number of carbonyl (C=O) groups excluding carboxylic acids is 1. The van der Waals surface area contributed by atoms with E-state index in [1.54, 1.807) is 31.4 Å². The van der Waals surface area contributed by atoms with Crippen molar-refractivity contribution < 1.29 is 14.3 Å². The van der Waals surface area contributed by atoms with Crippen LogP contribution >= 0.6 is 0 Å². The number of aromatic nitrogens is 2. The van der Waals surface area contributed by atoms with E-state index < -0.39 is 0 Å². The van der Waals surface area contributed by atoms with Crippen LogP contribution < -0.4 is 30.3 Å². The van der Waals surface area contributed by atoms with Gasteiger partial charge in [-0.15, -0.1) is 0 Å². The van der Waals surface area contributed by atoms with Gasteiger partial charge in [-0.2, -0.15) is 4.98 Å². The second-order valence-electron chi connectivity index (χ2n) is 7.53. The molecule has 3 N–H and O–H groups in total. The van der Waals surface area contributed by atoms with Gasteiger partial charge in [-0.1, -0.05) is 12.1 Å². The smallest absolute Gasteiger partial charge is 0.260 e. The predicted octanol–water partition coefficient (Wildman–Crippen LogP) is 3.05. The molecule has 1 aliphatic heterocycles. The standard InChI is InChI=1S/C24H28N6O3/c1-3-33-18-10-8-17(9-11-18)27-23(31)19-16-26-24(28-22(19)25)30-14-12-29(13-15-30)20-6-4-5-7-21(20)32-2/h4-11,16H,3,12-15H2,1-2H3,(H,27,31)(H2,25,26,28). The Labute approximate surface area is 193 Å². The maximum atomic E-state index is 12.7. The van der Waals surface area contributed by atoms with Crippen LogP contribution in [0.4, 0.5) is 23.1 Å². The topological polar surface area (TPSA) is 106 Å². The number of hydrogen-bond acceptors (Lipinski definition) is 8. The number of para-hydroxylation sites is 2. The zero-order chi connectivity index (χ0) is 23.2. The molecule has 9 heteroatoms. The van der Waals surface area contributed by atoms with E-state index in [1.807, 2.05) is 25.1 Å². The van der Waals surface area contributed by atoms with Crippen molar-refractivity contribution in [2.24, 2.45) is 0 Å². The first-order valence-electron chi connectivity index (χ1n) is 10.9. The molecule has 0 radical (unpaired) electrons. The highest BCUT2D eigenvalue weighted by Crippen LogP contribution is 2.29. The Balaban J connectivity index is 1.39. The molecule has 0 atom stereocenters. The van der Waals surface area contributed by atoms with E-state index in [0.29, 0.717) is 18.2 Å². The molecule has 1 fully saturated rings. The lowest BCUT2D eigenvalue weighted by Crippen LogP contribution is -2.47. The predicted molar refractivity (Wildman–Crippen MR) is 129 cm³/mol. The number of nitrogen functional groups attached to an aromatic ring is 1. The van der Waals surface area contributed by atoms with Gasteiger partial charge in [0.05, 0.1) is 19.4 Å². The van der Waals surface area contributed by atoms with E-state index in [4.69, 9.17) is 15.2 Å². The van der Waals surface area contributed by atoms with Crippen molar-refractivity contribution in [2.45, 2.75) is 6.92 Å². The van der Waals surface area contributed by atoms with Crippen LogP contribution in [0.25, 0.3) is 0 Å². The molecule has 2 aromatic carbocycles. The minimum absolute atomic E-state index is 0.149. The molecule has 0 bridgehead atoms. The minimum Gasteiger partial charge on any atom is -0.495 e. The highest BCUT2D eigenvalue weighted by atomic mass is 16.5. The third-order valence-corrected chi connectivity index (χ3v) is 5.46. The average Bonchev–Trinajstić information content (AvgIpc) is 2.85. The zero-order valence-electron chi connectivity index (χ0n) is 18.8. The van der Waals surface area contributed by atoms with Crippen LogP contribution in [0.5, 0.6) is 11.5 Å². The number of amides is 1. The number of rotatable bonds is 7. The molecule has 0 aliphatic carbocycles. The van der Waals surface area contributed by atoms with Gasteiger partial charge in [0.25, 0.3) is 5.91 Å². The number of nitrogens with zero attached hydrogens (tertiary/aromatic N) is 4. The molecule has 9 nitrogen and oxygen atoms in total. The van der Waals surface area contributed by atoms with Crippen LogP contribution in [0.3, 0.4) is 0 Å². The van der Waals surface area contributed by atoms with Crippen molar-refractivity contribution in [3.05, 3.63) is 60.3 Å². The number of nitrogens with two attached hydrogens (primary N) is 1. The third-order valence-electron chi connectivity index (χ3n) is 5.46. The fourth-order valence-electron chi connectivity index (χ4n) is 3.75. The van der Waals surface area contributed by atoms with Crippen LogP contribution in [0.2, 0.25) is 0 Å². The number of nitrogens with one attached hydrogen (secondary N) is 1. The van der Waals surface area contributed by atoms with Gasteiger partial charge < -0.3 is 30.3 Å². The number of anilines is 4. The Morgan fingerprint density at radius 2 is 1.76 bits per heavy atom. The fourth-order valence-corrected chi connectivity index (χ4v) is 3.75. The van der Waals surface area contributed by atoms with Gasteiger partial charge >= 0.3 is 0 Å². The largest absolute Gasteiger partial charge is 0.495 e. The van der Waals surface area contributed by atoms with Crippen LogP contribution in [0, 0.1) is 0 Å².